The Bertz CT molecular complexity index is 342. The maximum absolute atomic E-state index is 10.9. The smallest absolute Gasteiger partial charge is 0.150 e. The Morgan fingerprint density at radius 3 is 2.53 bits per heavy atom. The lowest BCUT2D eigenvalue weighted by Crippen LogP contribution is -2.06. The summed E-state index contributed by atoms with van der Waals surface area (Å²) in [5.74, 6) is 0.252. The monoisotopic (exact) mass is 206 g/mol. The molecule has 0 aliphatic heterocycles. The van der Waals surface area contributed by atoms with Gasteiger partial charge >= 0.3 is 0 Å². The van der Waals surface area contributed by atoms with Gasteiger partial charge in [-0.1, -0.05) is 39.0 Å². The third-order valence-corrected chi connectivity index (χ3v) is 2.62. The predicted octanol–water partition coefficient (Wildman–Crippen LogP) is 3.07. The standard InChI is InChI=1S/C13H18O2/c1-4-12(15)11-7-5-6-10(8-14)13(11)9(2)3/h5-9,12,15H,4H2,1-3H3. The van der Waals surface area contributed by atoms with Crippen LogP contribution in [0.1, 0.15) is 60.7 Å². The first-order chi connectivity index (χ1) is 7.11. The van der Waals surface area contributed by atoms with Gasteiger partial charge in [0.25, 0.3) is 0 Å². The second-order valence-corrected chi connectivity index (χ2v) is 4.05. The van der Waals surface area contributed by atoms with Gasteiger partial charge in [0.2, 0.25) is 0 Å². The van der Waals surface area contributed by atoms with E-state index in [1.54, 1.807) is 6.07 Å². The Hall–Kier alpha value is -1.15. The number of aliphatic hydroxyl groups excluding tert-OH is 1. The Balaban J connectivity index is 3.31. The highest BCUT2D eigenvalue weighted by Gasteiger charge is 2.15. The van der Waals surface area contributed by atoms with Crippen molar-refractivity contribution in [3.05, 3.63) is 34.9 Å². The van der Waals surface area contributed by atoms with Crippen LogP contribution in [0.2, 0.25) is 0 Å². The predicted molar refractivity (Wildman–Crippen MR) is 61.2 cm³/mol. The van der Waals surface area contributed by atoms with E-state index in [9.17, 15) is 9.90 Å². The largest absolute Gasteiger partial charge is 0.388 e. The summed E-state index contributed by atoms with van der Waals surface area (Å²) in [6.45, 7) is 6.00. The van der Waals surface area contributed by atoms with Crippen LogP contribution in [-0.2, 0) is 0 Å². The lowest BCUT2D eigenvalue weighted by atomic mass is 9.89. The van der Waals surface area contributed by atoms with Gasteiger partial charge in [-0.3, -0.25) is 4.79 Å². The molecule has 0 aliphatic carbocycles. The molecular weight excluding hydrogens is 188 g/mol. The zero-order chi connectivity index (χ0) is 11.4. The van der Waals surface area contributed by atoms with Crippen LogP contribution in [0.15, 0.2) is 18.2 Å². The molecule has 0 fully saturated rings. The first-order valence-corrected chi connectivity index (χ1v) is 5.37. The second-order valence-electron chi connectivity index (χ2n) is 4.05. The Kier molecular flexibility index (Phi) is 4.04. The number of rotatable bonds is 4. The number of carbonyl (C=O) groups is 1. The summed E-state index contributed by atoms with van der Waals surface area (Å²) < 4.78 is 0. The van der Waals surface area contributed by atoms with Crippen molar-refractivity contribution in [1.82, 2.24) is 0 Å². The van der Waals surface area contributed by atoms with Gasteiger partial charge in [0.15, 0.2) is 0 Å². The summed E-state index contributed by atoms with van der Waals surface area (Å²) in [6, 6.07) is 5.52. The molecule has 0 radical (unpaired) electrons. The highest BCUT2D eigenvalue weighted by Crippen LogP contribution is 2.28. The molecule has 0 aromatic heterocycles. The fourth-order valence-electron chi connectivity index (χ4n) is 1.88. The lowest BCUT2D eigenvalue weighted by molar-refractivity contribution is 0.112. The van der Waals surface area contributed by atoms with Crippen LogP contribution >= 0.6 is 0 Å². The van der Waals surface area contributed by atoms with Crippen molar-refractivity contribution in [3.63, 3.8) is 0 Å². The summed E-state index contributed by atoms with van der Waals surface area (Å²) in [5.41, 5.74) is 2.55. The van der Waals surface area contributed by atoms with Crippen molar-refractivity contribution in [2.45, 2.75) is 39.2 Å². The molecule has 0 aliphatic rings. The molecule has 2 heteroatoms. The Labute approximate surface area is 90.9 Å². The number of carbonyl (C=O) groups excluding carboxylic acids is 1. The van der Waals surface area contributed by atoms with Gasteiger partial charge in [0, 0.05) is 5.56 Å². The van der Waals surface area contributed by atoms with E-state index >= 15 is 0 Å². The average molecular weight is 206 g/mol. The van der Waals surface area contributed by atoms with Crippen LogP contribution in [0.4, 0.5) is 0 Å². The zero-order valence-electron chi connectivity index (χ0n) is 9.53. The van der Waals surface area contributed by atoms with E-state index in [2.05, 4.69) is 0 Å². The summed E-state index contributed by atoms with van der Waals surface area (Å²) in [7, 11) is 0. The number of aldehydes is 1. The van der Waals surface area contributed by atoms with Crippen LogP contribution in [0.25, 0.3) is 0 Å². The maximum atomic E-state index is 10.9. The van der Waals surface area contributed by atoms with Crippen molar-refractivity contribution in [1.29, 1.82) is 0 Å². The molecule has 0 saturated carbocycles. The molecule has 1 N–H and O–H groups in total. The maximum Gasteiger partial charge on any atom is 0.150 e. The lowest BCUT2D eigenvalue weighted by Gasteiger charge is -2.18. The van der Waals surface area contributed by atoms with Crippen LogP contribution in [0.3, 0.4) is 0 Å². The first-order valence-electron chi connectivity index (χ1n) is 5.37. The molecule has 15 heavy (non-hydrogen) atoms. The highest BCUT2D eigenvalue weighted by atomic mass is 16.3. The van der Waals surface area contributed by atoms with Gasteiger partial charge in [0.1, 0.15) is 6.29 Å². The number of benzene rings is 1. The number of hydrogen-bond acceptors (Lipinski definition) is 2. The fraction of sp³-hybridized carbons (Fsp3) is 0.462. The third-order valence-electron chi connectivity index (χ3n) is 2.62. The quantitative estimate of drug-likeness (QED) is 0.769. The minimum absolute atomic E-state index is 0.252. The zero-order valence-corrected chi connectivity index (χ0v) is 9.53. The topological polar surface area (TPSA) is 37.3 Å². The summed E-state index contributed by atoms with van der Waals surface area (Å²) in [5, 5.41) is 9.86. The fourth-order valence-corrected chi connectivity index (χ4v) is 1.88. The minimum atomic E-state index is -0.470. The van der Waals surface area contributed by atoms with Crippen molar-refractivity contribution in [3.8, 4) is 0 Å². The van der Waals surface area contributed by atoms with Crippen molar-refractivity contribution in [2.24, 2.45) is 0 Å². The van der Waals surface area contributed by atoms with E-state index in [1.165, 1.54) is 0 Å². The average Bonchev–Trinajstić information content (AvgIpc) is 2.26. The van der Waals surface area contributed by atoms with Gasteiger partial charge in [-0.15, -0.1) is 0 Å². The van der Waals surface area contributed by atoms with E-state index in [0.717, 1.165) is 17.4 Å². The van der Waals surface area contributed by atoms with Gasteiger partial charge in [0.05, 0.1) is 6.10 Å². The molecule has 1 rings (SSSR count). The van der Waals surface area contributed by atoms with E-state index in [-0.39, 0.29) is 5.92 Å². The van der Waals surface area contributed by atoms with Crippen molar-refractivity contribution < 1.29 is 9.90 Å². The van der Waals surface area contributed by atoms with E-state index in [0.29, 0.717) is 12.0 Å². The highest BCUT2D eigenvalue weighted by molar-refractivity contribution is 5.78. The molecule has 2 nitrogen and oxygen atoms in total. The summed E-state index contributed by atoms with van der Waals surface area (Å²) in [4.78, 5) is 10.9. The SMILES string of the molecule is CCC(O)c1cccc(C=O)c1C(C)C. The van der Waals surface area contributed by atoms with Crippen molar-refractivity contribution >= 4 is 6.29 Å². The molecule has 1 atom stereocenters. The summed E-state index contributed by atoms with van der Waals surface area (Å²) >= 11 is 0. The molecule has 0 saturated heterocycles. The molecule has 0 spiro atoms. The number of aliphatic hydroxyl groups is 1. The second kappa shape index (κ2) is 5.08. The van der Waals surface area contributed by atoms with Crippen molar-refractivity contribution in [2.75, 3.05) is 0 Å². The normalized spacial score (nSPS) is 12.9. The van der Waals surface area contributed by atoms with E-state index in [4.69, 9.17) is 0 Å². The molecule has 0 bridgehead atoms. The van der Waals surface area contributed by atoms with Crippen LogP contribution in [0, 0.1) is 0 Å². The first kappa shape index (κ1) is 11.9. The molecule has 0 amide bonds. The molecule has 1 aromatic carbocycles. The minimum Gasteiger partial charge on any atom is -0.388 e. The van der Waals surface area contributed by atoms with E-state index < -0.39 is 6.10 Å². The molecular formula is C13H18O2. The van der Waals surface area contributed by atoms with E-state index in [1.807, 2.05) is 32.9 Å². The van der Waals surface area contributed by atoms with Crippen LogP contribution in [0.5, 0.6) is 0 Å². The van der Waals surface area contributed by atoms with Gasteiger partial charge < -0.3 is 5.11 Å². The molecule has 0 heterocycles. The Morgan fingerprint density at radius 2 is 2.07 bits per heavy atom. The van der Waals surface area contributed by atoms with Gasteiger partial charge in [-0.25, -0.2) is 0 Å². The third kappa shape index (κ3) is 2.45. The van der Waals surface area contributed by atoms with Gasteiger partial charge in [-0.05, 0) is 23.5 Å². The van der Waals surface area contributed by atoms with Crippen LogP contribution in [-0.4, -0.2) is 11.4 Å². The Morgan fingerprint density at radius 1 is 1.40 bits per heavy atom. The molecule has 1 aromatic rings. The molecule has 82 valence electrons. The summed E-state index contributed by atoms with van der Waals surface area (Å²) in [6.07, 6.45) is 1.06. The van der Waals surface area contributed by atoms with Gasteiger partial charge in [-0.2, -0.15) is 0 Å². The number of hydrogen-bond donors (Lipinski definition) is 1. The van der Waals surface area contributed by atoms with Crippen LogP contribution < -0.4 is 0 Å². The molecule has 1 unspecified atom stereocenters.